The summed E-state index contributed by atoms with van der Waals surface area (Å²) >= 11 is 0. The molecular formula is C18H21FN2O4S. The molecule has 8 heteroatoms. The summed E-state index contributed by atoms with van der Waals surface area (Å²) in [5, 5.41) is 2.61. The molecule has 0 radical (unpaired) electrons. The van der Waals surface area contributed by atoms with Gasteiger partial charge in [-0.2, -0.15) is 0 Å². The van der Waals surface area contributed by atoms with Crippen molar-refractivity contribution in [1.29, 1.82) is 0 Å². The zero-order valence-corrected chi connectivity index (χ0v) is 15.4. The van der Waals surface area contributed by atoms with E-state index in [9.17, 15) is 17.6 Å². The molecule has 6 nitrogen and oxygen atoms in total. The number of halogens is 1. The van der Waals surface area contributed by atoms with E-state index < -0.39 is 15.8 Å². The highest BCUT2D eigenvalue weighted by Crippen LogP contribution is 2.30. The van der Waals surface area contributed by atoms with Crippen LogP contribution in [0.25, 0.3) is 0 Å². The normalized spacial score (nSPS) is 11.0. The van der Waals surface area contributed by atoms with Crippen LogP contribution in [0, 0.1) is 5.82 Å². The van der Waals surface area contributed by atoms with Crippen molar-refractivity contribution in [3.05, 3.63) is 54.3 Å². The van der Waals surface area contributed by atoms with E-state index in [0.717, 1.165) is 10.6 Å². The van der Waals surface area contributed by atoms with Gasteiger partial charge < -0.3 is 10.1 Å². The van der Waals surface area contributed by atoms with Gasteiger partial charge in [0.05, 0.1) is 18.6 Å². The predicted octanol–water partition coefficient (Wildman–Crippen LogP) is 3.02. The SMILES string of the molecule is CCOc1ccccc1N(CCC(=O)Nc1ccc(F)cc1)S(C)(=O)=O. The highest BCUT2D eigenvalue weighted by molar-refractivity contribution is 7.92. The first-order valence-corrected chi connectivity index (χ1v) is 9.91. The lowest BCUT2D eigenvalue weighted by Gasteiger charge is -2.24. The number of rotatable bonds is 8. The molecule has 2 rings (SSSR count). The molecule has 0 fully saturated rings. The van der Waals surface area contributed by atoms with Gasteiger partial charge in [-0.25, -0.2) is 12.8 Å². The Morgan fingerprint density at radius 3 is 2.42 bits per heavy atom. The first-order chi connectivity index (χ1) is 12.3. The Balaban J connectivity index is 2.12. The molecule has 0 aromatic heterocycles. The number of nitrogens with one attached hydrogen (secondary N) is 1. The summed E-state index contributed by atoms with van der Waals surface area (Å²) in [6.07, 6.45) is 1.01. The Labute approximate surface area is 152 Å². The van der Waals surface area contributed by atoms with Crippen LogP contribution in [0.3, 0.4) is 0 Å². The van der Waals surface area contributed by atoms with Crippen molar-refractivity contribution in [3.63, 3.8) is 0 Å². The summed E-state index contributed by atoms with van der Waals surface area (Å²) in [4.78, 5) is 12.1. The Morgan fingerprint density at radius 1 is 1.15 bits per heavy atom. The van der Waals surface area contributed by atoms with Gasteiger partial charge in [-0.1, -0.05) is 12.1 Å². The largest absolute Gasteiger partial charge is 0.492 e. The van der Waals surface area contributed by atoms with Gasteiger partial charge >= 0.3 is 0 Å². The van der Waals surface area contributed by atoms with Gasteiger partial charge in [0, 0.05) is 18.7 Å². The quantitative estimate of drug-likeness (QED) is 0.764. The number of amides is 1. The topological polar surface area (TPSA) is 75.7 Å². The summed E-state index contributed by atoms with van der Waals surface area (Å²) in [5.74, 6) is -0.350. The summed E-state index contributed by atoms with van der Waals surface area (Å²) in [7, 11) is -3.61. The number of para-hydroxylation sites is 2. The first-order valence-electron chi connectivity index (χ1n) is 8.06. The summed E-state index contributed by atoms with van der Waals surface area (Å²) < 4.78 is 43.9. The molecule has 0 spiro atoms. The molecule has 0 aliphatic heterocycles. The van der Waals surface area contributed by atoms with Gasteiger partial charge in [-0.3, -0.25) is 9.10 Å². The fourth-order valence-corrected chi connectivity index (χ4v) is 3.30. The number of benzene rings is 2. The minimum Gasteiger partial charge on any atom is -0.492 e. The third-order valence-electron chi connectivity index (χ3n) is 3.50. The van der Waals surface area contributed by atoms with Gasteiger partial charge in [0.15, 0.2) is 0 Å². The van der Waals surface area contributed by atoms with Crippen molar-refractivity contribution in [3.8, 4) is 5.75 Å². The fourth-order valence-electron chi connectivity index (χ4n) is 2.37. The lowest BCUT2D eigenvalue weighted by Crippen LogP contribution is -2.33. The van der Waals surface area contributed by atoms with Crippen LogP contribution >= 0.6 is 0 Å². The molecule has 140 valence electrons. The van der Waals surface area contributed by atoms with E-state index in [2.05, 4.69) is 5.32 Å². The van der Waals surface area contributed by atoms with Crippen molar-refractivity contribution in [1.82, 2.24) is 0 Å². The van der Waals surface area contributed by atoms with Crippen LogP contribution in [0.5, 0.6) is 5.75 Å². The van der Waals surface area contributed by atoms with Crippen LogP contribution in [-0.4, -0.2) is 33.7 Å². The number of anilines is 2. The second kappa shape index (κ2) is 8.66. The van der Waals surface area contributed by atoms with E-state index in [-0.39, 0.29) is 18.9 Å². The van der Waals surface area contributed by atoms with Crippen LogP contribution in [0.15, 0.2) is 48.5 Å². The van der Waals surface area contributed by atoms with Crippen LogP contribution in [0.4, 0.5) is 15.8 Å². The molecule has 0 atom stereocenters. The maximum atomic E-state index is 12.9. The Morgan fingerprint density at radius 2 is 1.81 bits per heavy atom. The third kappa shape index (κ3) is 5.45. The number of ether oxygens (including phenoxy) is 1. The second-order valence-corrected chi connectivity index (χ2v) is 7.45. The zero-order valence-electron chi connectivity index (χ0n) is 14.6. The molecule has 26 heavy (non-hydrogen) atoms. The van der Waals surface area contributed by atoms with Gasteiger partial charge in [-0.15, -0.1) is 0 Å². The van der Waals surface area contributed by atoms with Crippen molar-refractivity contribution in [2.75, 3.05) is 29.0 Å². The number of hydrogen-bond acceptors (Lipinski definition) is 4. The molecule has 0 heterocycles. The molecule has 0 aliphatic rings. The second-order valence-electron chi connectivity index (χ2n) is 5.54. The number of carbonyl (C=O) groups excluding carboxylic acids is 1. The highest BCUT2D eigenvalue weighted by atomic mass is 32.2. The molecular weight excluding hydrogens is 359 g/mol. The van der Waals surface area contributed by atoms with E-state index >= 15 is 0 Å². The van der Waals surface area contributed by atoms with Gasteiger partial charge in [0.1, 0.15) is 11.6 Å². The summed E-state index contributed by atoms with van der Waals surface area (Å²) in [5.41, 5.74) is 0.823. The van der Waals surface area contributed by atoms with E-state index in [0.29, 0.717) is 23.7 Å². The summed E-state index contributed by atoms with van der Waals surface area (Å²) in [6.45, 7) is 2.15. The molecule has 0 aliphatic carbocycles. The predicted molar refractivity (Wildman–Crippen MR) is 99.4 cm³/mol. The molecule has 0 saturated heterocycles. The van der Waals surface area contributed by atoms with Crippen molar-refractivity contribution >= 4 is 27.3 Å². The van der Waals surface area contributed by atoms with Gasteiger partial charge in [-0.05, 0) is 43.3 Å². The fraction of sp³-hybridized carbons (Fsp3) is 0.278. The maximum Gasteiger partial charge on any atom is 0.232 e. The Kier molecular flexibility index (Phi) is 6.57. The van der Waals surface area contributed by atoms with Crippen LogP contribution in [-0.2, 0) is 14.8 Å². The van der Waals surface area contributed by atoms with E-state index in [1.807, 2.05) is 0 Å². The minimum atomic E-state index is -3.61. The summed E-state index contributed by atoms with van der Waals surface area (Å²) in [6, 6.07) is 12.1. The average Bonchev–Trinajstić information content (AvgIpc) is 2.57. The molecule has 2 aromatic rings. The number of carbonyl (C=O) groups is 1. The average molecular weight is 380 g/mol. The zero-order chi connectivity index (χ0) is 19.2. The molecule has 1 amide bonds. The minimum absolute atomic E-state index is 0.0457. The lowest BCUT2D eigenvalue weighted by molar-refractivity contribution is -0.116. The third-order valence-corrected chi connectivity index (χ3v) is 4.68. The molecule has 0 saturated carbocycles. The van der Waals surface area contributed by atoms with E-state index in [4.69, 9.17) is 4.74 Å². The number of hydrogen-bond donors (Lipinski definition) is 1. The van der Waals surface area contributed by atoms with Gasteiger partial charge in [0.25, 0.3) is 0 Å². The maximum absolute atomic E-state index is 12.9. The van der Waals surface area contributed by atoms with Crippen molar-refractivity contribution in [2.24, 2.45) is 0 Å². The first kappa shape index (κ1) is 19.7. The molecule has 0 unspecified atom stereocenters. The van der Waals surface area contributed by atoms with Crippen LogP contribution < -0.4 is 14.4 Å². The lowest BCUT2D eigenvalue weighted by atomic mass is 10.2. The molecule has 1 N–H and O–H groups in total. The van der Waals surface area contributed by atoms with Crippen molar-refractivity contribution in [2.45, 2.75) is 13.3 Å². The standard InChI is InChI=1S/C18H21FN2O4S/c1-3-25-17-7-5-4-6-16(17)21(26(2,23)24)13-12-18(22)20-15-10-8-14(19)9-11-15/h4-11H,3,12-13H2,1-2H3,(H,20,22). The van der Waals surface area contributed by atoms with Crippen LogP contribution in [0.1, 0.15) is 13.3 Å². The Bertz CT molecular complexity index is 854. The Hall–Kier alpha value is -2.61. The van der Waals surface area contributed by atoms with E-state index in [1.54, 1.807) is 31.2 Å². The number of nitrogens with zero attached hydrogens (tertiary/aromatic N) is 1. The smallest absolute Gasteiger partial charge is 0.232 e. The van der Waals surface area contributed by atoms with Crippen molar-refractivity contribution < 1.29 is 22.3 Å². The van der Waals surface area contributed by atoms with Gasteiger partial charge in [0.2, 0.25) is 15.9 Å². The highest BCUT2D eigenvalue weighted by Gasteiger charge is 2.21. The van der Waals surface area contributed by atoms with Crippen LogP contribution in [0.2, 0.25) is 0 Å². The molecule has 2 aromatic carbocycles. The molecule has 0 bridgehead atoms. The monoisotopic (exact) mass is 380 g/mol. The van der Waals surface area contributed by atoms with E-state index in [1.165, 1.54) is 24.3 Å². The number of sulfonamides is 1.